The van der Waals surface area contributed by atoms with Gasteiger partial charge in [-0.05, 0) is 60.3 Å². The van der Waals surface area contributed by atoms with Gasteiger partial charge < -0.3 is 24.8 Å². The highest BCUT2D eigenvalue weighted by atomic mass is 16.6. The van der Waals surface area contributed by atoms with Gasteiger partial charge in [-0.1, -0.05) is 0 Å². The number of likely N-dealkylation sites (tertiary alicyclic amines) is 1. The Morgan fingerprint density at radius 3 is 2.04 bits per heavy atom. The van der Waals surface area contributed by atoms with Crippen LogP contribution < -0.4 is 5.32 Å². The molecule has 1 heterocycles. The number of hydrogen-bond acceptors (Lipinski definition) is 5. The molecule has 0 saturated carbocycles. The van der Waals surface area contributed by atoms with Crippen molar-refractivity contribution in [2.45, 2.75) is 65.6 Å². The third-order valence-corrected chi connectivity index (χ3v) is 3.93. The van der Waals surface area contributed by atoms with Crippen molar-refractivity contribution in [1.29, 1.82) is 0 Å². The van der Waals surface area contributed by atoms with E-state index in [2.05, 4.69) is 5.32 Å². The Hall–Kier alpha value is -1.99. The minimum Gasteiger partial charge on any atom is -0.481 e. The lowest BCUT2D eigenvalue weighted by atomic mass is 9.88. The molecule has 26 heavy (non-hydrogen) atoms. The lowest BCUT2D eigenvalue weighted by molar-refractivity contribution is -0.143. The van der Waals surface area contributed by atoms with Gasteiger partial charge in [0.05, 0.1) is 5.92 Å². The van der Waals surface area contributed by atoms with Crippen LogP contribution in [0.5, 0.6) is 0 Å². The molecule has 0 bridgehead atoms. The van der Waals surface area contributed by atoms with Crippen molar-refractivity contribution in [2.24, 2.45) is 11.8 Å². The summed E-state index contributed by atoms with van der Waals surface area (Å²) < 4.78 is 10.6. The minimum atomic E-state index is -0.924. The van der Waals surface area contributed by atoms with Gasteiger partial charge in [0.15, 0.2) is 0 Å². The van der Waals surface area contributed by atoms with Gasteiger partial charge in [0, 0.05) is 19.6 Å². The maximum absolute atomic E-state index is 12.2. The number of carbonyl (C=O) groups is 3. The number of rotatable bonds is 3. The molecule has 1 fully saturated rings. The van der Waals surface area contributed by atoms with Crippen LogP contribution in [-0.4, -0.2) is 59.0 Å². The van der Waals surface area contributed by atoms with E-state index >= 15 is 0 Å². The normalized spacial score (nSPS) is 21.5. The zero-order valence-electron chi connectivity index (χ0n) is 16.6. The smallest absolute Gasteiger partial charge is 0.410 e. The van der Waals surface area contributed by atoms with Crippen LogP contribution in [0.4, 0.5) is 9.59 Å². The Morgan fingerprint density at radius 2 is 1.54 bits per heavy atom. The van der Waals surface area contributed by atoms with Gasteiger partial charge in [0.25, 0.3) is 0 Å². The van der Waals surface area contributed by atoms with Crippen LogP contribution in [0.25, 0.3) is 0 Å². The molecular weight excluding hydrogens is 340 g/mol. The Bertz CT molecular complexity index is 521. The molecule has 2 atom stereocenters. The molecule has 0 spiro atoms. The molecule has 8 heteroatoms. The third-order valence-electron chi connectivity index (χ3n) is 3.93. The second-order valence-corrected chi connectivity index (χ2v) is 8.63. The summed E-state index contributed by atoms with van der Waals surface area (Å²) >= 11 is 0. The van der Waals surface area contributed by atoms with E-state index in [1.807, 2.05) is 0 Å². The summed E-state index contributed by atoms with van der Waals surface area (Å²) in [4.78, 5) is 37.2. The molecule has 0 aromatic rings. The molecule has 1 saturated heterocycles. The van der Waals surface area contributed by atoms with E-state index in [1.54, 1.807) is 41.5 Å². The fourth-order valence-corrected chi connectivity index (χ4v) is 2.77. The molecule has 0 aromatic heterocycles. The maximum atomic E-state index is 12.2. The van der Waals surface area contributed by atoms with E-state index in [1.165, 1.54) is 4.90 Å². The number of carboxylic acids is 1. The number of ether oxygens (including phenoxy) is 2. The molecule has 150 valence electrons. The highest BCUT2D eigenvalue weighted by Crippen LogP contribution is 2.25. The summed E-state index contributed by atoms with van der Waals surface area (Å²) in [5.41, 5.74) is -1.22. The van der Waals surface area contributed by atoms with Crippen molar-refractivity contribution in [1.82, 2.24) is 10.2 Å². The van der Waals surface area contributed by atoms with E-state index < -0.39 is 35.3 Å². The predicted octanol–water partition coefficient (Wildman–Crippen LogP) is 2.86. The molecule has 8 nitrogen and oxygen atoms in total. The molecule has 2 amide bonds. The van der Waals surface area contributed by atoms with Crippen molar-refractivity contribution >= 4 is 18.2 Å². The van der Waals surface area contributed by atoms with E-state index in [-0.39, 0.29) is 12.5 Å². The summed E-state index contributed by atoms with van der Waals surface area (Å²) in [6, 6.07) is 0. The van der Waals surface area contributed by atoms with Crippen molar-refractivity contribution in [3.63, 3.8) is 0 Å². The molecule has 0 radical (unpaired) electrons. The standard InChI is InChI=1S/C18H32N2O6/c1-17(2,3)25-15(23)19-11-12-7-9-20(10-8-13(12)14(21)22)16(24)26-18(4,5)6/h12-13H,7-11H2,1-6H3,(H,19,23)(H,21,22)/t12-,13+/m0/s1. The molecule has 1 aliphatic heterocycles. The third kappa shape index (κ3) is 7.93. The second-order valence-electron chi connectivity index (χ2n) is 8.63. The first-order valence-electron chi connectivity index (χ1n) is 8.96. The number of alkyl carbamates (subject to hydrolysis) is 1. The van der Waals surface area contributed by atoms with Crippen molar-refractivity contribution in [3.8, 4) is 0 Å². The van der Waals surface area contributed by atoms with Crippen molar-refractivity contribution < 1.29 is 29.0 Å². The van der Waals surface area contributed by atoms with Gasteiger partial charge in [0.1, 0.15) is 11.2 Å². The molecule has 0 aromatic carbocycles. The van der Waals surface area contributed by atoms with E-state index in [0.29, 0.717) is 25.9 Å². The van der Waals surface area contributed by atoms with Gasteiger partial charge in [-0.25, -0.2) is 9.59 Å². The molecule has 0 unspecified atom stereocenters. The van der Waals surface area contributed by atoms with Crippen LogP contribution in [0.2, 0.25) is 0 Å². The number of aliphatic carboxylic acids is 1. The summed E-state index contributed by atoms with van der Waals surface area (Å²) in [5.74, 6) is -1.85. The zero-order chi connectivity index (χ0) is 20.1. The molecule has 1 aliphatic rings. The highest BCUT2D eigenvalue weighted by molar-refractivity contribution is 5.72. The Labute approximate surface area is 155 Å². The average Bonchev–Trinajstić information content (AvgIpc) is 2.63. The SMILES string of the molecule is CC(C)(C)OC(=O)NC[C@@H]1CCN(C(=O)OC(C)(C)C)CC[C@H]1C(=O)O. The van der Waals surface area contributed by atoms with Crippen LogP contribution in [0.1, 0.15) is 54.4 Å². The zero-order valence-corrected chi connectivity index (χ0v) is 16.6. The van der Waals surface area contributed by atoms with Gasteiger partial charge in [-0.2, -0.15) is 0 Å². The number of nitrogens with one attached hydrogen (secondary N) is 1. The Balaban J connectivity index is 2.69. The highest BCUT2D eigenvalue weighted by Gasteiger charge is 2.34. The van der Waals surface area contributed by atoms with Gasteiger partial charge in [-0.3, -0.25) is 4.79 Å². The first-order valence-corrected chi connectivity index (χ1v) is 8.96. The molecule has 0 aliphatic carbocycles. The van der Waals surface area contributed by atoms with E-state index in [0.717, 1.165) is 0 Å². The first kappa shape index (κ1) is 22.1. The van der Waals surface area contributed by atoms with E-state index in [4.69, 9.17) is 9.47 Å². The lowest BCUT2D eigenvalue weighted by Crippen LogP contribution is -2.38. The topological polar surface area (TPSA) is 105 Å². The summed E-state index contributed by atoms with van der Waals surface area (Å²) in [5, 5.41) is 12.2. The molecule has 2 N–H and O–H groups in total. The Kier molecular flexibility index (Phi) is 7.29. The van der Waals surface area contributed by atoms with Crippen LogP contribution in [-0.2, 0) is 14.3 Å². The van der Waals surface area contributed by atoms with Crippen LogP contribution in [0.3, 0.4) is 0 Å². The quantitative estimate of drug-likeness (QED) is 0.789. The van der Waals surface area contributed by atoms with Gasteiger partial charge in [-0.15, -0.1) is 0 Å². The van der Waals surface area contributed by atoms with Crippen LogP contribution in [0, 0.1) is 11.8 Å². The Morgan fingerprint density at radius 1 is 1.00 bits per heavy atom. The summed E-state index contributed by atoms with van der Waals surface area (Å²) in [6.45, 7) is 11.5. The number of hydrogen-bond donors (Lipinski definition) is 2. The molecule has 1 rings (SSSR count). The number of carbonyl (C=O) groups excluding carboxylic acids is 2. The molecular formula is C18H32N2O6. The summed E-state index contributed by atoms with van der Waals surface area (Å²) in [7, 11) is 0. The van der Waals surface area contributed by atoms with Crippen molar-refractivity contribution in [3.05, 3.63) is 0 Å². The maximum Gasteiger partial charge on any atom is 0.410 e. The number of carboxylic acid groups (broad SMARTS) is 1. The largest absolute Gasteiger partial charge is 0.481 e. The fourth-order valence-electron chi connectivity index (χ4n) is 2.77. The minimum absolute atomic E-state index is 0.189. The van der Waals surface area contributed by atoms with Crippen LogP contribution >= 0.6 is 0 Å². The average molecular weight is 372 g/mol. The fraction of sp³-hybridized carbons (Fsp3) is 0.833. The first-order chi connectivity index (χ1) is 11.8. The predicted molar refractivity (Wildman–Crippen MR) is 95.9 cm³/mol. The number of amides is 2. The van der Waals surface area contributed by atoms with Gasteiger partial charge >= 0.3 is 18.2 Å². The monoisotopic (exact) mass is 372 g/mol. The summed E-state index contributed by atoms with van der Waals surface area (Å²) in [6.07, 6.45) is -0.237. The van der Waals surface area contributed by atoms with Gasteiger partial charge in [0.2, 0.25) is 0 Å². The van der Waals surface area contributed by atoms with Crippen LogP contribution in [0.15, 0.2) is 0 Å². The van der Waals surface area contributed by atoms with E-state index in [9.17, 15) is 19.5 Å². The second kappa shape index (κ2) is 8.60. The van der Waals surface area contributed by atoms with Crippen molar-refractivity contribution in [2.75, 3.05) is 19.6 Å². The number of nitrogens with zero attached hydrogens (tertiary/aromatic N) is 1. The lowest BCUT2D eigenvalue weighted by Gasteiger charge is -2.26.